The molecule has 0 aromatic heterocycles. The molecule has 17 heavy (non-hydrogen) atoms. The van der Waals surface area contributed by atoms with E-state index >= 15 is 0 Å². The third-order valence-corrected chi connectivity index (χ3v) is 1.85. The summed E-state index contributed by atoms with van der Waals surface area (Å²) in [5, 5.41) is 38.5. The Morgan fingerprint density at radius 2 is 2.12 bits per heavy atom. The van der Waals surface area contributed by atoms with Crippen LogP contribution in [0.5, 0.6) is 11.5 Å². The third kappa shape index (κ3) is 5.93. The molecule has 1 aromatic rings. The van der Waals surface area contributed by atoms with E-state index in [4.69, 9.17) is 9.22 Å². The molecule has 0 aliphatic heterocycles. The average Bonchev–Trinajstić information content (AvgIpc) is 2.21. The van der Waals surface area contributed by atoms with Gasteiger partial charge in [-0.05, 0) is 36.9 Å². The number of phenols is 2. The molecule has 6 heteroatoms. The first-order valence-electron chi connectivity index (χ1n) is 5.98. The number of benzene rings is 1. The van der Waals surface area contributed by atoms with Crippen LogP contribution in [0.25, 0.3) is 0 Å². The minimum absolute atomic E-state index is 0. The van der Waals surface area contributed by atoms with Gasteiger partial charge in [0, 0.05) is 8.71 Å². The quantitative estimate of drug-likeness (QED) is 0.373. The maximum absolute atomic E-state index is 10.4. The maximum Gasteiger partial charge on any atom is 1.00 e. The van der Waals surface area contributed by atoms with E-state index in [0.717, 1.165) is 12.1 Å². The third-order valence-electron chi connectivity index (χ3n) is 1.85. The Kier molecular flexibility index (Phi) is 5.04. The van der Waals surface area contributed by atoms with Gasteiger partial charge in [-0.1, -0.05) is 6.07 Å². The summed E-state index contributed by atoms with van der Waals surface area (Å²) >= 11 is 0. The molecular formula is C11H13NaO5. The van der Waals surface area contributed by atoms with E-state index in [2.05, 4.69) is 0 Å². The summed E-state index contributed by atoms with van der Waals surface area (Å²) in [6.07, 6.45) is -7.12. The van der Waals surface area contributed by atoms with Crippen LogP contribution in [0.15, 0.2) is 18.2 Å². The molecule has 0 aliphatic rings. The zero-order valence-corrected chi connectivity index (χ0v) is 11.3. The van der Waals surface area contributed by atoms with Crippen molar-refractivity contribution in [2.24, 2.45) is 0 Å². The van der Waals surface area contributed by atoms with Crippen LogP contribution in [0.4, 0.5) is 0 Å². The van der Waals surface area contributed by atoms with Gasteiger partial charge in [-0.3, -0.25) is 0 Å². The largest absolute Gasteiger partial charge is 1.00 e. The second-order valence-corrected chi connectivity index (χ2v) is 3.17. The number of aromatic hydroxyl groups is 2. The maximum atomic E-state index is 10.4. The SMILES string of the molecule is [2H]C([2H])(CC(=O)[O-])C([2H])(O)Cc1ccc(O)c(O)c1.[Na+]. The topological polar surface area (TPSA) is 101 Å². The molecule has 0 saturated carbocycles. The number of rotatable bonds is 5. The van der Waals surface area contributed by atoms with Crippen molar-refractivity contribution in [1.29, 1.82) is 0 Å². The second kappa shape index (κ2) is 7.55. The zero-order valence-electron chi connectivity index (χ0n) is 12.3. The van der Waals surface area contributed by atoms with E-state index in [1.165, 1.54) is 6.07 Å². The number of hydrogen-bond donors (Lipinski definition) is 3. The van der Waals surface area contributed by atoms with Gasteiger partial charge in [-0.25, -0.2) is 0 Å². The van der Waals surface area contributed by atoms with Crippen LogP contribution >= 0.6 is 0 Å². The molecule has 88 valence electrons. The first-order chi connectivity index (χ1) is 8.55. The van der Waals surface area contributed by atoms with Crippen molar-refractivity contribution in [2.45, 2.75) is 25.3 Å². The summed E-state index contributed by atoms with van der Waals surface area (Å²) < 4.78 is 22.3. The van der Waals surface area contributed by atoms with E-state index in [1.54, 1.807) is 0 Å². The van der Waals surface area contributed by atoms with Crippen molar-refractivity contribution in [1.82, 2.24) is 0 Å². The molecule has 0 fully saturated rings. The monoisotopic (exact) mass is 251 g/mol. The van der Waals surface area contributed by atoms with Gasteiger partial charge in [0.25, 0.3) is 0 Å². The Labute approximate surface area is 125 Å². The molecule has 5 nitrogen and oxygen atoms in total. The summed E-state index contributed by atoms with van der Waals surface area (Å²) in [7, 11) is 0. The van der Waals surface area contributed by atoms with Gasteiger partial charge in [-0.15, -0.1) is 0 Å². The molecule has 0 bridgehead atoms. The fraction of sp³-hybridized carbons (Fsp3) is 0.364. The van der Waals surface area contributed by atoms with Crippen molar-refractivity contribution in [3.05, 3.63) is 23.8 Å². The van der Waals surface area contributed by atoms with Gasteiger partial charge in [0.1, 0.15) is 0 Å². The van der Waals surface area contributed by atoms with Gasteiger partial charge in [0.2, 0.25) is 0 Å². The van der Waals surface area contributed by atoms with Crippen molar-refractivity contribution < 1.29 is 58.9 Å². The zero-order chi connectivity index (χ0) is 14.8. The van der Waals surface area contributed by atoms with Crippen LogP contribution < -0.4 is 34.7 Å². The van der Waals surface area contributed by atoms with Crippen LogP contribution in [-0.2, 0) is 11.2 Å². The number of carbonyl (C=O) groups excluding carboxylic acids is 1. The van der Waals surface area contributed by atoms with E-state index in [0.29, 0.717) is 0 Å². The van der Waals surface area contributed by atoms with Crippen molar-refractivity contribution in [2.75, 3.05) is 0 Å². The van der Waals surface area contributed by atoms with E-state index in [1.807, 2.05) is 0 Å². The van der Waals surface area contributed by atoms with Gasteiger partial charge in [-0.2, -0.15) is 0 Å². The smallest absolute Gasteiger partial charge is 0.550 e. The standard InChI is InChI=1S/C11H14O5.Na/c12-8(2-4-11(15)16)5-7-1-3-9(13)10(14)6-7;/h1,3,6,8,12-14H,2,4-5H2,(H,15,16);/q;+1/p-1/i2D2,8D;. The Bertz CT molecular complexity index is 493. The Balaban J connectivity index is 0.00000361. The number of carboxylic acid groups (broad SMARTS) is 1. The summed E-state index contributed by atoms with van der Waals surface area (Å²) in [6, 6.07) is 3.46. The minimum Gasteiger partial charge on any atom is -0.550 e. The van der Waals surface area contributed by atoms with Crippen molar-refractivity contribution in [3.63, 3.8) is 0 Å². The molecular weight excluding hydrogens is 235 g/mol. The van der Waals surface area contributed by atoms with Crippen molar-refractivity contribution in [3.8, 4) is 11.5 Å². The predicted octanol–water partition coefficient (Wildman–Crippen LogP) is -3.46. The van der Waals surface area contributed by atoms with Crippen LogP contribution in [0.3, 0.4) is 0 Å². The number of hydrogen-bond acceptors (Lipinski definition) is 5. The molecule has 0 amide bonds. The molecule has 0 radical (unpaired) electrons. The van der Waals surface area contributed by atoms with E-state index < -0.39 is 42.8 Å². The second-order valence-electron chi connectivity index (χ2n) is 3.17. The molecule has 0 spiro atoms. The van der Waals surface area contributed by atoms with Crippen LogP contribution in [0.2, 0.25) is 0 Å². The van der Waals surface area contributed by atoms with Crippen LogP contribution in [0, 0.1) is 0 Å². The molecule has 0 saturated heterocycles. The Morgan fingerprint density at radius 1 is 1.47 bits per heavy atom. The van der Waals surface area contributed by atoms with Gasteiger partial charge in [0.05, 0.1) is 7.45 Å². The number of phenolic OH excluding ortho intramolecular Hbond substituents is 2. The fourth-order valence-electron chi connectivity index (χ4n) is 1.11. The van der Waals surface area contributed by atoms with Gasteiger partial charge >= 0.3 is 29.6 Å². The summed E-state index contributed by atoms with van der Waals surface area (Å²) in [5.74, 6) is -2.59. The number of aliphatic carboxylic acids is 1. The Morgan fingerprint density at radius 3 is 2.65 bits per heavy atom. The number of aliphatic hydroxyl groups is 1. The minimum atomic E-state index is -2.72. The molecule has 1 rings (SSSR count). The summed E-state index contributed by atoms with van der Waals surface area (Å²) in [5.41, 5.74) is 0.176. The molecule has 1 aromatic carbocycles. The molecule has 3 N–H and O–H groups in total. The predicted molar refractivity (Wildman–Crippen MR) is 53.7 cm³/mol. The normalized spacial score (nSPS) is 16.9. The van der Waals surface area contributed by atoms with E-state index in [-0.39, 0.29) is 35.1 Å². The molecule has 0 aliphatic carbocycles. The van der Waals surface area contributed by atoms with Gasteiger partial charge in [0.15, 0.2) is 11.5 Å². The number of carboxylic acids is 1. The summed E-state index contributed by atoms with van der Waals surface area (Å²) in [6.45, 7) is 0. The molecule has 0 heterocycles. The molecule has 1 atom stereocenters. The van der Waals surface area contributed by atoms with Crippen molar-refractivity contribution >= 4 is 5.97 Å². The van der Waals surface area contributed by atoms with E-state index in [9.17, 15) is 20.1 Å². The first-order valence-corrected chi connectivity index (χ1v) is 4.48. The van der Waals surface area contributed by atoms with Gasteiger partial charge < -0.3 is 25.2 Å². The summed E-state index contributed by atoms with van der Waals surface area (Å²) in [4.78, 5) is 10.4. The first kappa shape index (κ1) is 11.3. The Hall–Kier alpha value is -0.750. The number of carbonyl (C=O) groups is 1. The average molecular weight is 251 g/mol. The van der Waals surface area contributed by atoms with Crippen LogP contribution in [0.1, 0.15) is 22.5 Å². The molecule has 1 unspecified atom stereocenters. The van der Waals surface area contributed by atoms with Crippen LogP contribution in [-0.4, -0.2) is 27.4 Å². The fourth-order valence-corrected chi connectivity index (χ4v) is 1.11.